The fourth-order valence-electron chi connectivity index (χ4n) is 3.24. The summed E-state index contributed by atoms with van der Waals surface area (Å²) >= 11 is 0. The largest absolute Gasteiger partial charge is 0.454 e. The van der Waals surface area contributed by atoms with E-state index in [9.17, 15) is 0 Å². The van der Waals surface area contributed by atoms with Crippen molar-refractivity contribution in [2.24, 2.45) is 0 Å². The second-order valence-electron chi connectivity index (χ2n) is 6.82. The van der Waals surface area contributed by atoms with E-state index in [0.717, 1.165) is 40.8 Å². The number of ether oxygens (including phenoxy) is 2. The average Bonchev–Trinajstić information content (AvgIpc) is 3.14. The fraction of sp³-hybridized carbons (Fsp3) is 0.273. The van der Waals surface area contributed by atoms with Crippen molar-refractivity contribution in [3.8, 4) is 11.5 Å². The number of rotatable bonds is 6. The van der Waals surface area contributed by atoms with E-state index in [1.54, 1.807) is 0 Å². The second-order valence-corrected chi connectivity index (χ2v) is 6.82. The summed E-state index contributed by atoms with van der Waals surface area (Å²) in [4.78, 5) is 11.5. The Morgan fingerprint density at radius 1 is 1.00 bits per heavy atom. The third-order valence-corrected chi connectivity index (χ3v) is 4.62. The first-order chi connectivity index (χ1) is 13.6. The smallest absolute Gasteiger partial charge is 0.232 e. The van der Waals surface area contributed by atoms with Gasteiger partial charge in [-0.1, -0.05) is 18.2 Å². The minimum Gasteiger partial charge on any atom is -0.454 e. The maximum atomic E-state index is 5.45. The summed E-state index contributed by atoms with van der Waals surface area (Å²) in [6.45, 7) is 7.89. The van der Waals surface area contributed by atoms with Crippen molar-refractivity contribution < 1.29 is 9.47 Å². The molecule has 1 aromatic heterocycles. The van der Waals surface area contributed by atoms with Gasteiger partial charge in [-0.15, -0.1) is 0 Å². The predicted octanol–water partition coefficient (Wildman–Crippen LogP) is 4.59. The summed E-state index contributed by atoms with van der Waals surface area (Å²) < 4.78 is 10.8. The van der Waals surface area contributed by atoms with Gasteiger partial charge in [-0.05, 0) is 56.2 Å². The van der Waals surface area contributed by atoms with Gasteiger partial charge < -0.3 is 19.7 Å². The average molecular weight is 376 g/mol. The monoisotopic (exact) mass is 376 g/mol. The first-order valence-electron chi connectivity index (χ1n) is 9.44. The molecule has 4 rings (SSSR count). The van der Waals surface area contributed by atoms with Crippen LogP contribution < -0.4 is 19.7 Å². The number of nitrogens with zero attached hydrogens (tertiary/aromatic N) is 3. The van der Waals surface area contributed by atoms with Crippen LogP contribution in [0.2, 0.25) is 0 Å². The van der Waals surface area contributed by atoms with Crippen LogP contribution in [0.5, 0.6) is 11.5 Å². The molecule has 2 heterocycles. The van der Waals surface area contributed by atoms with Crippen molar-refractivity contribution in [1.82, 2.24) is 9.97 Å². The fourth-order valence-corrected chi connectivity index (χ4v) is 3.24. The van der Waals surface area contributed by atoms with Crippen molar-refractivity contribution in [2.75, 3.05) is 23.6 Å². The van der Waals surface area contributed by atoms with Crippen molar-refractivity contribution in [2.45, 2.75) is 27.3 Å². The van der Waals surface area contributed by atoms with Gasteiger partial charge in [0.1, 0.15) is 5.82 Å². The lowest BCUT2D eigenvalue weighted by Crippen LogP contribution is -2.20. The molecule has 28 heavy (non-hydrogen) atoms. The van der Waals surface area contributed by atoms with E-state index in [2.05, 4.69) is 53.3 Å². The normalized spacial score (nSPS) is 12.1. The van der Waals surface area contributed by atoms with Crippen LogP contribution in [0.4, 0.5) is 17.5 Å². The summed E-state index contributed by atoms with van der Waals surface area (Å²) in [6, 6.07) is 16.3. The maximum Gasteiger partial charge on any atom is 0.232 e. The highest BCUT2D eigenvalue weighted by atomic mass is 16.7. The Kier molecular flexibility index (Phi) is 5.02. The van der Waals surface area contributed by atoms with Crippen molar-refractivity contribution in [3.63, 3.8) is 0 Å². The van der Waals surface area contributed by atoms with E-state index in [-0.39, 0.29) is 6.79 Å². The molecule has 144 valence electrons. The zero-order valence-corrected chi connectivity index (χ0v) is 16.4. The highest BCUT2D eigenvalue weighted by Gasteiger charge is 2.14. The molecule has 0 saturated heterocycles. The van der Waals surface area contributed by atoms with Crippen LogP contribution in [0.3, 0.4) is 0 Å². The third kappa shape index (κ3) is 3.86. The number of fused-ring (bicyclic) bond motifs is 1. The van der Waals surface area contributed by atoms with Gasteiger partial charge in [0.2, 0.25) is 12.7 Å². The summed E-state index contributed by atoms with van der Waals surface area (Å²) in [7, 11) is 0. The number of anilines is 3. The molecule has 0 saturated carbocycles. The molecule has 0 amide bonds. The Balaban J connectivity index is 1.55. The maximum absolute atomic E-state index is 5.45. The van der Waals surface area contributed by atoms with Crippen molar-refractivity contribution in [1.29, 1.82) is 0 Å². The molecule has 1 N–H and O–H groups in total. The molecule has 0 spiro atoms. The van der Waals surface area contributed by atoms with Crippen molar-refractivity contribution in [3.05, 3.63) is 65.4 Å². The van der Waals surface area contributed by atoms with Gasteiger partial charge in [0, 0.05) is 30.5 Å². The van der Waals surface area contributed by atoms with Gasteiger partial charge in [0.05, 0.1) is 0 Å². The predicted molar refractivity (Wildman–Crippen MR) is 111 cm³/mol. The highest BCUT2D eigenvalue weighted by molar-refractivity contribution is 5.59. The van der Waals surface area contributed by atoms with Crippen LogP contribution in [0, 0.1) is 13.8 Å². The Hall–Kier alpha value is -3.28. The van der Waals surface area contributed by atoms with Gasteiger partial charge in [-0.2, -0.15) is 4.98 Å². The molecular formula is C22H24N4O2. The van der Waals surface area contributed by atoms with Crippen LogP contribution in [-0.4, -0.2) is 23.3 Å². The Bertz CT molecular complexity index is 990. The van der Waals surface area contributed by atoms with Crippen LogP contribution in [0.15, 0.2) is 48.5 Å². The lowest BCUT2D eigenvalue weighted by atomic mass is 10.2. The second kappa shape index (κ2) is 7.76. The number of aryl methyl sites for hydroxylation is 2. The molecule has 6 heteroatoms. The standard InChI is InChI=1S/C22H24N4O2/c1-4-26(18-7-5-6-15(2)10-18)22-24-16(3)11-21(25-22)23-13-17-8-9-19-20(12-17)28-14-27-19/h5-12H,4,13-14H2,1-3H3,(H,23,24,25). The molecular weight excluding hydrogens is 352 g/mol. The SMILES string of the molecule is CCN(c1cccc(C)c1)c1nc(C)cc(NCc2ccc3c(c2)OCO3)n1. The minimum absolute atomic E-state index is 0.284. The molecule has 2 aromatic carbocycles. The zero-order valence-electron chi connectivity index (χ0n) is 16.4. The van der Waals surface area contributed by atoms with Gasteiger partial charge in [-0.25, -0.2) is 4.98 Å². The molecule has 0 bridgehead atoms. The van der Waals surface area contributed by atoms with E-state index < -0.39 is 0 Å². The van der Waals surface area contributed by atoms with Crippen LogP contribution in [0.1, 0.15) is 23.7 Å². The number of hydrogen-bond donors (Lipinski definition) is 1. The number of aromatic nitrogens is 2. The molecule has 0 aliphatic carbocycles. The van der Waals surface area contributed by atoms with Crippen molar-refractivity contribution >= 4 is 17.5 Å². The van der Waals surface area contributed by atoms with Crippen LogP contribution in [0.25, 0.3) is 0 Å². The van der Waals surface area contributed by atoms with Gasteiger partial charge >= 0.3 is 0 Å². The topological polar surface area (TPSA) is 59.5 Å². The molecule has 0 radical (unpaired) electrons. The van der Waals surface area contributed by atoms with E-state index >= 15 is 0 Å². The quantitative estimate of drug-likeness (QED) is 0.679. The number of nitrogens with one attached hydrogen (secondary N) is 1. The first-order valence-corrected chi connectivity index (χ1v) is 9.44. The van der Waals surface area contributed by atoms with Gasteiger partial charge in [0.25, 0.3) is 0 Å². The summed E-state index contributed by atoms with van der Waals surface area (Å²) in [5.41, 5.74) is 4.33. The summed E-state index contributed by atoms with van der Waals surface area (Å²) in [5, 5.41) is 3.40. The van der Waals surface area contributed by atoms with Crippen LogP contribution >= 0.6 is 0 Å². The molecule has 0 fully saturated rings. The first kappa shape index (κ1) is 18.1. The molecule has 6 nitrogen and oxygen atoms in total. The third-order valence-electron chi connectivity index (χ3n) is 4.62. The summed E-state index contributed by atoms with van der Waals surface area (Å²) in [6.07, 6.45) is 0. The van der Waals surface area contributed by atoms with Gasteiger partial charge in [-0.3, -0.25) is 0 Å². The molecule has 3 aromatic rings. The van der Waals surface area contributed by atoms with E-state index in [4.69, 9.17) is 14.5 Å². The van der Waals surface area contributed by atoms with Crippen LogP contribution in [-0.2, 0) is 6.54 Å². The lowest BCUT2D eigenvalue weighted by Gasteiger charge is -2.22. The molecule has 1 aliphatic heterocycles. The van der Waals surface area contributed by atoms with E-state index in [1.807, 2.05) is 31.2 Å². The van der Waals surface area contributed by atoms with E-state index in [0.29, 0.717) is 12.5 Å². The Labute approximate surface area is 165 Å². The van der Waals surface area contributed by atoms with E-state index in [1.165, 1.54) is 5.56 Å². The Morgan fingerprint density at radius 3 is 2.68 bits per heavy atom. The lowest BCUT2D eigenvalue weighted by molar-refractivity contribution is 0.174. The Morgan fingerprint density at radius 2 is 1.86 bits per heavy atom. The number of hydrogen-bond acceptors (Lipinski definition) is 6. The molecule has 0 unspecified atom stereocenters. The highest BCUT2D eigenvalue weighted by Crippen LogP contribution is 2.32. The molecule has 0 atom stereocenters. The minimum atomic E-state index is 0.284. The zero-order chi connectivity index (χ0) is 19.5. The summed E-state index contributed by atoms with van der Waals surface area (Å²) in [5.74, 6) is 3.07. The molecule has 1 aliphatic rings. The van der Waals surface area contributed by atoms with Gasteiger partial charge in [0.15, 0.2) is 11.5 Å². The number of benzene rings is 2.